The molecule has 2 heteroatoms. The Labute approximate surface area is 457 Å². The maximum absolute atomic E-state index is 2.50. The molecule has 14 rings (SSSR count). The molecule has 0 fully saturated rings. The van der Waals surface area contributed by atoms with Crippen LogP contribution in [0, 0.1) is 0 Å². The van der Waals surface area contributed by atoms with Gasteiger partial charge in [-0.2, -0.15) is 0 Å². The molecule has 0 saturated carbocycles. The minimum absolute atomic E-state index is 0.0279. The molecule has 0 aliphatic carbocycles. The first-order valence-corrected chi connectivity index (χ1v) is 27.5. The molecule has 0 N–H and O–H groups in total. The molecule has 0 amide bonds. The highest BCUT2D eigenvalue weighted by molar-refractivity contribution is 6.21. The lowest BCUT2D eigenvalue weighted by molar-refractivity contribution is 0.423. The third-order valence-corrected chi connectivity index (χ3v) is 16.3. The van der Waals surface area contributed by atoms with Crippen LogP contribution in [-0.4, -0.2) is 9.13 Å². The molecule has 0 radical (unpaired) electrons. The lowest BCUT2D eigenvalue weighted by atomic mass is 9.85. The monoisotopic (exact) mass is 1000 g/mol. The fourth-order valence-corrected chi connectivity index (χ4v) is 12.7. The van der Waals surface area contributed by atoms with E-state index in [1.807, 2.05) is 0 Å². The van der Waals surface area contributed by atoms with E-state index in [1.165, 1.54) is 143 Å². The van der Waals surface area contributed by atoms with Crippen molar-refractivity contribution in [3.05, 3.63) is 255 Å². The Morgan fingerprint density at radius 1 is 0.192 bits per heavy atom. The van der Waals surface area contributed by atoms with E-state index < -0.39 is 0 Å². The van der Waals surface area contributed by atoms with Gasteiger partial charge in [0, 0.05) is 54.7 Å². The van der Waals surface area contributed by atoms with Gasteiger partial charge in [0.2, 0.25) is 0 Å². The maximum Gasteiger partial charge on any atom is 0.0496 e. The summed E-state index contributed by atoms with van der Waals surface area (Å²) in [5, 5.41) is 10.2. The van der Waals surface area contributed by atoms with E-state index in [0.717, 1.165) is 0 Å². The quantitative estimate of drug-likeness (QED) is 0.141. The number of nitrogens with zero attached hydrogens (tertiary/aromatic N) is 2. The summed E-state index contributed by atoms with van der Waals surface area (Å²) in [6.07, 6.45) is 0. The lowest BCUT2D eigenvalue weighted by Gasteiger charge is -2.24. The van der Waals surface area contributed by atoms with Crippen LogP contribution in [0.3, 0.4) is 0 Å². The van der Waals surface area contributed by atoms with Crippen molar-refractivity contribution in [3.8, 4) is 77.9 Å². The third kappa shape index (κ3) is 7.93. The van der Waals surface area contributed by atoms with Crippen LogP contribution in [0.15, 0.2) is 255 Å². The molecule has 2 heterocycles. The van der Waals surface area contributed by atoms with E-state index in [9.17, 15) is 0 Å². The van der Waals surface area contributed by atoms with Gasteiger partial charge in [-0.05, 0) is 183 Å². The molecule has 0 bridgehead atoms. The maximum atomic E-state index is 2.50. The number of aromatic nitrogens is 2. The Kier molecular flexibility index (Phi) is 11.0. The van der Waals surface area contributed by atoms with Gasteiger partial charge in [-0.25, -0.2) is 0 Å². The van der Waals surface area contributed by atoms with Crippen molar-refractivity contribution in [2.45, 2.75) is 52.6 Å². The molecular formula is C76H60N2. The van der Waals surface area contributed by atoms with Gasteiger partial charge < -0.3 is 9.13 Å². The van der Waals surface area contributed by atoms with Gasteiger partial charge in [-0.1, -0.05) is 212 Å². The predicted molar refractivity (Wildman–Crippen MR) is 336 cm³/mol. The van der Waals surface area contributed by atoms with Crippen LogP contribution < -0.4 is 0 Å². The van der Waals surface area contributed by atoms with Crippen LogP contribution in [-0.2, 0) is 11.1 Å². The molecule has 12 aromatic carbocycles. The fraction of sp³-hybridized carbons (Fsp3) is 0.105. The summed E-state index contributed by atoms with van der Waals surface area (Å²) in [7, 11) is 0. The van der Waals surface area contributed by atoms with E-state index in [0.29, 0.717) is 0 Å². The minimum atomic E-state index is -0.0735. The number of benzene rings is 12. The Bertz CT molecular complexity index is 4560. The summed E-state index contributed by atoms with van der Waals surface area (Å²) < 4.78 is 4.97. The highest BCUT2D eigenvalue weighted by Gasteiger charge is 2.23. The molecule has 0 atom stereocenters. The van der Waals surface area contributed by atoms with Gasteiger partial charge in [0.25, 0.3) is 0 Å². The summed E-state index contributed by atoms with van der Waals surface area (Å²) in [4.78, 5) is 0. The number of para-hydroxylation sites is 1. The SMILES string of the molecule is CC(C)(C)n1c2ccccc2c2cc(-c3ccc(-c4ccc(-c5c6ccccc6c(-c6ccc(-c7ccc(-c8ccc9c(c8)c8cc(-c%10ccccc%10)ccc8n9C(C)(C)C)cc7)cc6)c6ccccc56)cc4)cc3)ccc21. The van der Waals surface area contributed by atoms with Gasteiger partial charge in [-0.15, -0.1) is 0 Å². The molecule has 14 aromatic rings. The van der Waals surface area contributed by atoms with Gasteiger partial charge in [0.15, 0.2) is 0 Å². The molecule has 0 aliphatic rings. The second-order valence-electron chi connectivity index (χ2n) is 23.2. The van der Waals surface area contributed by atoms with Crippen LogP contribution in [0.2, 0.25) is 0 Å². The van der Waals surface area contributed by atoms with Crippen LogP contribution in [0.1, 0.15) is 41.5 Å². The summed E-state index contributed by atoms with van der Waals surface area (Å²) in [5.74, 6) is 0. The molecule has 0 spiro atoms. The zero-order valence-corrected chi connectivity index (χ0v) is 45.1. The standard InChI is InChI=1S/C76H60N2/c1-75(2,3)77-69-23-15-14-18-61(69)66-46-59(41-43-70(66)77)54-28-24-50(25-29-54)52-32-36-56(37-33-52)73-62-19-10-12-21-64(62)74(65-22-13-11-20-63(65)73)57-38-34-53(35-39-57)51-26-30-55(31-27-51)60-42-45-72-68(48-60)67-47-58(49-16-8-7-9-17-49)40-44-71(67)78(72)76(4,5)6/h7-48H,1-6H3. The molecule has 0 aliphatic heterocycles. The van der Waals surface area contributed by atoms with Crippen molar-refractivity contribution < 1.29 is 0 Å². The van der Waals surface area contributed by atoms with Crippen LogP contribution in [0.25, 0.3) is 143 Å². The smallest absolute Gasteiger partial charge is 0.0496 e. The van der Waals surface area contributed by atoms with Crippen LogP contribution in [0.4, 0.5) is 0 Å². The van der Waals surface area contributed by atoms with E-state index in [-0.39, 0.29) is 11.1 Å². The number of rotatable bonds is 7. The Morgan fingerprint density at radius 3 is 0.756 bits per heavy atom. The molecular weight excluding hydrogens is 941 g/mol. The fourth-order valence-electron chi connectivity index (χ4n) is 12.7. The summed E-state index contributed by atoms with van der Waals surface area (Å²) in [6.45, 7) is 13.8. The topological polar surface area (TPSA) is 9.86 Å². The average molecular weight is 1000 g/mol. The van der Waals surface area contributed by atoms with Crippen molar-refractivity contribution in [3.63, 3.8) is 0 Å². The number of fused-ring (bicyclic) bond motifs is 8. The van der Waals surface area contributed by atoms with Crippen molar-refractivity contribution in [2.75, 3.05) is 0 Å². The zero-order valence-electron chi connectivity index (χ0n) is 45.1. The minimum Gasteiger partial charge on any atom is -0.335 e. The highest BCUT2D eigenvalue weighted by Crippen LogP contribution is 2.45. The van der Waals surface area contributed by atoms with E-state index >= 15 is 0 Å². The zero-order chi connectivity index (χ0) is 52.9. The van der Waals surface area contributed by atoms with E-state index in [4.69, 9.17) is 0 Å². The van der Waals surface area contributed by atoms with Crippen LogP contribution >= 0.6 is 0 Å². The normalized spacial score (nSPS) is 12.2. The van der Waals surface area contributed by atoms with E-state index in [2.05, 4.69) is 305 Å². The lowest BCUT2D eigenvalue weighted by Crippen LogP contribution is -2.21. The summed E-state index contributed by atoms with van der Waals surface area (Å²) >= 11 is 0. The summed E-state index contributed by atoms with van der Waals surface area (Å²) in [6, 6.07) is 94.8. The second-order valence-corrected chi connectivity index (χ2v) is 23.2. The molecule has 0 unspecified atom stereocenters. The van der Waals surface area contributed by atoms with Crippen LogP contribution in [0.5, 0.6) is 0 Å². The first-order valence-electron chi connectivity index (χ1n) is 27.5. The van der Waals surface area contributed by atoms with Crippen molar-refractivity contribution >= 4 is 65.2 Å². The molecule has 0 saturated heterocycles. The van der Waals surface area contributed by atoms with E-state index in [1.54, 1.807) is 0 Å². The first kappa shape index (κ1) is 47.2. The molecule has 2 nitrogen and oxygen atoms in total. The Hall–Kier alpha value is -9.24. The third-order valence-electron chi connectivity index (χ3n) is 16.3. The predicted octanol–water partition coefficient (Wildman–Crippen LogP) is 21.4. The molecule has 2 aromatic heterocycles. The first-order chi connectivity index (χ1) is 37.9. The van der Waals surface area contributed by atoms with Gasteiger partial charge in [-0.3, -0.25) is 0 Å². The molecule has 374 valence electrons. The summed E-state index contributed by atoms with van der Waals surface area (Å²) in [5.41, 5.74) is 22.1. The van der Waals surface area contributed by atoms with Gasteiger partial charge >= 0.3 is 0 Å². The Morgan fingerprint density at radius 2 is 0.423 bits per heavy atom. The Balaban J connectivity index is 0.752. The number of hydrogen-bond donors (Lipinski definition) is 0. The van der Waals surface area contributed by atoms with Crippen molar-refractivity contribution in [1.29, 1.82) is 0 Å². The number of hydrogen-bond acceptors (Lipinski definition) is 0. The largest absolute Gasteiger partial charge is 0.335 e. The van der Waals surface area contributed by atoms with Crippen molar-refractivity contribution in [2.24, 2.45) is 0 Å². The second kappa shape index (κ2) is 18.2. The molecule has 78 heavy (non-hydrogen) atoms. The van der Waals surface area contributed by atoms with Crippen molar-refractivity contribution in [1.82, 2.24) is 9.13 Å². The average Bonchev–Trinajstić information content (AvgIpc) is 4.18. The highest BCUT2D eigenvalue weighted by atomic mass is 15.1. The van der Waals surface area contributed by atoms with Gasteiger partial charge in [0.05, 0.1) is 0 Å². The van der Waals surface area contributed by atoms with Gasteiger partial charge in [0.1, 0.15) is 0 Å².